The molecule has 5 heteroatoms. The van der Waals surface area contributed by atoms with Crippen molar-refractivity contribution in [2.75, 3.05) is 12.8 Å². The number of hydrogen-bond acceptors (Lipinski definition) is 4. The third-order valence-electron chi connectivity index (χ3n) is 3.60. The molecule has 90 valence electrons. The van der Waals surface area contributed by atoms with Gasteiger partial charge >= 0.3 is 0 Å². The molecule has 0 aromatic heterocycles. The molecule has 1 fully saturated rings. The number of rotatable bonds is 4. The van der Waals surface area contributed by atoms with Gasteiger partial charge in [0.15, 0.2) is 9.84 Å². The van der Waals surface area contributed by atoms with E-state index in [0.29, 0.717) is 19.4 Å². The summed E-state index contributed by atoms with van der Waals surface area (Å²) in [6, 6.07) is 0. The molecular weight excluding hydrogens is 214 g/mol. The standard InChI is InChI=1S/C10H21NO3S/c1-3-8(7-11)10(12)6-4-5-9(10)15(2,13)14/h8-9,12H,3-7,11H2,1-2H3. The maximum absolute atomic E-state index is 11.6. The van der Waals surface area contributed by atoms with Crippen molar-refractivity contribution >= 4 is 9.84 Å². The number of sulfone groups is 1. The maximum atomic E-state index is 11.6. The van der Waals surface area contributed by atoms with Gasteiger partial charge in [-0.15, -0.1) is 0 Å². The Morgan fingerprint density at radius 3 is 2.60 bits per heavy atom. The second kappa shape index (κ2) is 4.39. The summed E-state index contributed by atoms with van der Waals surface area (Å²) in [5.74, 6) is -0.111. The molecule has 0 spiro atoms. The van der Waals surface area contributed by atoms with E-state index in [1.165, 1.54) is 6.26 Å². The van der Waals surface area contributed by atoms with Crippen LogP contribution in [0.1, 0.15) is 32.6 Å². The largest absolute Gasteiger partial charge is 0.388 e. The van der Waals surface area contributed by atoms with Crippen LogP contribution in [-0.2, 0) is 9.84 Å². The van der Waals surface area contributed by atoms with Gasteiger partial charge in [0.25, 0.3) is 0 Å². The van der Waals surface area contributed by atoms with Gasteiger partial charge in [0, 0.05) is 12.2 Å². The number of aliphatic hydroxyl groups is 1. The van der Waals surface area contributed by atoms with Crippen LogP contribution in [0.4, 0.5) is 0 Å². The molecule has 1 saturated carbocycles. The fourth-order valence-corrected chi connectivity index (χ4v) is 4.40. The molecule has 0 saturated heterocycles. The van der Waals surface area contributed by atoms with Crippen molar-refractivity contribution in [1.29, 1.82) is 0 Å². The van der Waals surface area contributed by atoms with E-state index in [9.17, 15) is 13.5 Å². The number of nitrogens with two attached hydrogens (primary N) is 1. The molecule has 4 nitrogen and oxygen atoms in total. The average molecular weight is 235 g/mol. The fraction of sp³-hybridized carbons (Fsp3) is 1.00. The molecule has 0 bridgehead atoms. The van der Waals surface area contributed by atoms with Gasteiger partial charge in [-0.1, -0.05) is 6.92 Å². The molecule has 0 heterocycles. The van der Waals surface area contributed by atoms with E-state index in [1.54, 1.807) is 0 Å². The van der Waals surface area contributed by atoms with Crippen LogP contribution in [-0.4, -0.2) is 37.2 Å². The van der Waals surface area contributed by atoms with Crippen molar-refractivity contribution in [3.63, 3.8) is 0 Å². The van der Waals surface area contributed by atoms with Gasteiger partial charge in [-0.2, -0.15) is 0 Å². The Hall–Kier alpha value is -0.130. The first-order valence-corrected chi connectivity index (χ1v) is 7.43. The summed E-state index contributed by atoms with van der Waals surface area (Å²) in [4.78, 5) is 0. The molecule has 1 aliphatic carbocycles. The minimum absolute atomic E-state index is 0.111. The predicted octanol–water partition coefficient (Wildman–Crippen LogP) is 0.299. The first kappa shape index (κ1) is 12.9. The molecule has 1 rings (SSSR count). The molecule has 0 aliphatic heterocycles. The molecular formula is C10H21NO3S. The third kappa shape index (κ3) is 2.34. The van der Waals surface area contributed by atoms with Gasteiger partial charge in [-0.3, -0.25) is 0 Å². The summed E-state index contributed by atoms with van der Waals surface area (Å²) < 4.78 is 23.2. The van der Waals surface area contributed by atoms with Crippen LogP contribution in [0.15, 0.2) is 0 Å². The molecule has 0 aromatic carbocycles. The summed E-state index contributed by atoms with van der Waals surface area (Å²) in [5, 5.41) is 9.86. The van der Waals surface area contributed by atoms with E-state index in [4.69, 9.17) is 5.73 Å². The molecule has 3 unspecified atom stereocenters. The minimum atomic E-state index is -3.18. The summed E-state index contributed by atoms with van der Waals surface area (Å²) >= 11 is 0. The third-order valence-corrected chi connectivity index (χ3v) is 5.28. The van der Waals surface area contributed by atoms with Crippen molar-refractivity contribution in [3.05, 3.63) is 0 Å². The van der Waals surface area contributed by atoms with E-state index in [1.807, 2.05) is 6.92 Å². The SMILES string of the molecule is CCC(CN)C1(O)CCCC1S(C)(=O)=O. The van der Waals surface area contributed by atoms with Gasteiger partial charge in [-0.05, 0) is 32.2 Å². The van der Waals surface area contributed by atoms with Crippen LogP contribution in [0.5, 0.6) is 0 Å². The van der Waals surface area contributed by atoms with Crippen LogP contribution in [0, 0.1) is 5.92 Å². The van der Waals surface area contributed by atoms with Gasteiger partial charge in [0.05, 0.1) is 10.9 Å². The zero-order valence-electron chi connectivity index (χ0n) is 9.44. The maximum Gasteiger partial charge on any atom is 0.153 e. The summed E-state index contributed by atoms with van der Waals surface area (Å²) in [6.45, 7) is 2.28. The second-order valence-electron chi connectivity index (χ2n) is 4.54. The molecule has 0 aromatic rings. The van der Waals surface area contributed by atoms with Crippen LogP contribution in [0.2, 0.25) is 0 Å². The van der Waals surface area contributed by atoms with Crippen LogP contribution >= 0.6 is 0 Å². The normalized spacial score (nSPS) is 34.3. The summed E-state index contributed by atoms with van der Waals surface area (Å²) in [6.07, 6.45) is 3.81. The smallest absolute Gasteiger partial charge is 0.153 e. The Morgan fingerprint density at radius 2 is 2.20 bits per heavy atom. The van der Waals surface area contributed by atoms with Crippen molar-refractivity contribution in [2.45, 2.75) is 43.5 Å². The highest BCUT2D eigenvalue weighted by Crippen LogP contribution is 2.40. The Morgan fingerprint density at radius 1 is 1.60 bits per heavy atom. The van der Waals surface area contributed by atoms with Crippen molar-refractivity contribution in [3.8, 4) is 0 Å². The lowest BCUT2D eigenvalue weighted by Crippen LogP contribution is -2.50. The Bertz CT molecular complexity index is 311. The van der Waals surface area contributed by atoms with E-state index in [-0.39, 0.29) is 5.92 Å². The van der Waals surface area contributed by atoms with Crippen molar-refractivity contribution < 1.29 is 13.5 Å². The molecule has 0 amide bonds. The number of hydrogen-bond donors (Lipinski definition) is 2. The van der Waals surface area contributed by atoms with Gasteiger partial charge in [-0.25, -0.2) is 8.42 Å². The van der Waals surface area contributed by atoms with Crippen LogP contribution in [0.3, 0.4) is 0 Å². The lowest BCUT2D eigenvalue weighted by Gasteiger charge is -2.35. The van der Waals surface area contributed by atoms with Crippen molar-refractivity contribution in [2.24, 2.45) is 11.7 Å². The highest BCUT2D eigenvalue weighted by molar-refractivity contribution is 7.91. The molecule has 1 aliphatic rings. The van der Waals surface area contributed by atoms with Crippen molar-refractivity contribution in [1.82, 2.24) is 0 Å². The minimum Gasteiger partial charge on any atom is -0.388 e. The summed E-state index contributed by atoms with van der Waals surface area (Å²) in [5.41, 5.74) is 4.50. The highest BCUT2D eigenvalue weighted by Gasteiger charge is 2.50. The van der Waals surface area contributed by atoms with E-state index >= 15 is 0 Å². The Labute approximate surface area is 91.8 Å². The monoisotopic (exact) mass is 235 g/mol. The fourth-order valence-electron chi connectivity index (χ4n) is 2.76. The molecule has 3 N–H and O–H groups in total. The zero-order valence-corrected chi connectivity index (χ0v) is 10.3. The quantitative estimate of drug-likeness (QED) is 0.734. The van der Waals surface area contributed by atoms with E-state index < -0.39 is 20.7 Å². The Balaban J connectivity index is 3.00. The second-order valence-corrected chi connectivity index (χ2v) is 6.77. The lowest BCUT2D eigenvalue weighted by molar-refractivity contribution is -0.00718. The van der Waals surface area contributed by atoms with Crippen LogP contribution < -0.4 is 5.73 Å². The van der Waals surface area contributed by atoms with Crippen LogP contribution in [0.25, 0.3) is 0 Å². The molecule has 15 heavy (non-hydrogen) atoms. The lowest BCUT2D eigenvalue weighted by atomic mass is 9.84. The predicted molar refractivity (Wildman–Crippen MR) is 60.3 cm³/mol. The van der Waals surface area contributed by atoms with Gasteiger partial charge in [0.2, 0.25) is 0 Å². The molecule has 3 atom stereocenters. The van der Waals surface area contributed by atoms with Gasteiger partial charge < -0.3 is 10.8 Å². The van der Waals surface area contributed by atoms with Gasteiger partial charge in [0.1, 0.15) is 0 Å². The van der Waals surface area contributed by atoms with E-state index in [2.05, 4.69) is 0 Å². The summed E-state index contributed by atoms with van der Waals surface area (Å²) in [7, 11) is -3.18. The Kier molecular flexibility index (Phi) is 3.79. The first-order valence-electron chi connectivity index (χ1n) is 5.47. The highest BCUT2D eigenvalue weighted by atomic mass is 32.2. The topological polar surface area (TPSA) is 80.4 Å². The van der Waals surface area contributed by atoms with E-state index in [0.717, 1.165) is 12.8 Å². The average Bonchev–Trinajstić information content (AvgIpc) is 2.49. The first-order chi connectivity index (χ1) is 6.86. The molecule has 0 radical (unpaired) electrons. The zero-order chi connectivity index (χ0) is 11.7.